The first-order chi connectivity index (χ1) is 9.98. The average molecular weight is 314 g/mol. The van der Waals surface area contributed by atoms with Crippen molar-refractivity contribution in [3.05, 3.63) is 0 Å². The second kappa shape index (κ2) is 6.64. The molecule has 120 valence electrons. The van der Waals surface area contributed by atoms with Crippen molar-refractivity contribution in [1.29, 1.82) is 5.26 Å². The smallest absolute Gasteiger partial charge is 0.214 e. The Labute approximate surface area is 128 Å². The summed E-state index contributed by atoms with van der Waals surface area (Å²) in [6.07, 6.45) is 6.21. The van der Waals surface area contributed by atoms with Crippen molar-refractivity contribution >= 4 is 10.0 Å². The molecule has 0 aliphatic heterocycles. The van der Waals surface area contributed by atoms with Gasteiger partial charge >= 0.3 is 0 Å². The van der Waals surface area contributed by atoms with Gasteiger partial charge < -0.3 is 4.74 Å². The molecule has 21 heavy (non-hydrogen) atoms. The quantitative estimate of drug-likeness (QED) is 0.676. The van der Waals surface area contributed by atoms with Crippen LogP contribution in [0.25, 0.3) is 0 Å². The van der Waals surface area contributed by atoms with Crippen LogP contribution in [0.5, 0.6) is 0 Å². The largest absolute Gasteiger partial charge is 0.378 e. The van der Waals surface area contributed by atoms with Gasteiger partial charge in [-0.2, -0.15) is 5.26 Å². The van der Waals surface area contributed by atoms with E-state index in [9.17, 15) is 8.42 Å². The van der Waals surface area contributed by atoms with Crippen LogP contribution in [0, 0.1) is 16.7 Å². The Kier molecular flexibility index (Phi) is 5.29. The lowest BCUT2D eigenvalue weighted by Crippen LogP contribution is -2.64. The van der Waals surface area contributed by atoms with Crippen molar-refractivity contribution in [2.75, 3.05) is 19.4 Å². The molecule has 0 bridgehead atoms. The zero-order chi connectivity index (χ0) is 15.5. The highest BCUT2D eigenvalue weighted by molar-refractivity contribution is 7.89. The van der Waals surface area contributed by atoms with E-state index in [1.54, 1.807) is 11.4 Å². The summed E-state index contributed by atoms with van der Waals surface area (Å²) in [4.78, 5) is 0. The molecule has 2 fully saturated rings. The van der Waals surface area contributed by atoms with E-state index in [1.165, 1.54) is 12.8 Å². The number of nitriles is 1. The predicted molar refractivity (Wildman–Crippen MR) is 81.1 cm³/mol. The number of nitrogens with zero attached hydrogens (tertiary/aromatic N) is 2. The Balaban J connectivity index is 2.05. The van der Waals surface area contributed by atoms with Crippen LogP contribution in [0.15, 0.2) is 0 Å². The van der Waals surface area contributed by atoms with Gasteiger partial charge in [0.25, 0.3) is 0 Å². The Morgan fingerprint density at radius 1 is 1.38 bits per heavy atom. The summed E-state index contributed by atoms with van der Waals surface area (Å²) in [6, 6.07) is 2.08. The highest BCUT2D eigenvalue weighted by atomic mass is 32.2. The van der Waals surface area contributed by atoms with E-state index in [0.717, 1.165) is 19.3 Å². The molecule has 0 aromatic carbocycles. The molecule has 6 heteroatoms. The van der Waals surface area contributed by atoms with Gasteiger partial charge in [0, 0.05) is 31.5 Å². The Hall–Kier alpha value is -0.640. The minimum Gasteiger partial charge on any atom is -0.378 e. The van der Waals surface area contributed by atoms with Gasteiger partial charge in [-0.1, -0.05) is 12.8 Å². The highest BCUT2D eigenvalue weighted by Crippen LogP contribution is 2.56. The molecule has 0 heterocycles. The number of hydrogen-bond acceptors (Lipinski definition) is 4. The van der Waals surface area contributed by atoms with Crippen molar-refractivity contribution in [3.8, 4) is 6.07 Å². The maximum absolute atomic E-state index is 12.4. The lowest BCUT2D eigenvalue weighted by molar-refractivity contribution is -0.145. The fraction of sp³-hybridized carbons (Fsp3) is 0.933. The highest BCUT2D eigenvalue weighted by Gasteiger charge is 2.59. The van der Waals surface area contributed by atoms with E-state index in [1.807, 2.05) is 13.0 Å². The van der Waals surface area contributed by atoms with Crippen LogP contribution in [0.1, 0.15) is 51.9 Å². The van der Waals surface area contributed by atoms with Gasteiger partial charge in [-0.3, -0.25) is 0 Å². The zero-order valence-corrected chi connectivity index (χ0v) is 13.9. The molecular formula is C15H26N2O3S. The molecule has 0 unspecified atom stereocenters. The Bertz CT molecular complexity index is 492. The number of rotatable bonds is 7. The minimum atomic E-state index is -3.27. The van der Waals surface area contributed by atoms with Crippen LogP contribution in [-0.4, -0.2) is 44.3 Å². The summed E-state index contributed by atoms with van der Waals surface area (Å²) < 4.78 is 32.3. The van der Waals surface area contributed by atoms with Crippen molar-refractivity contribution in [3.63, 3.8) is 0 Å². The van der Waals surface area contributed by atoms with Crippen LogP contribution < -0.4 is 0 Å². The summed E-state index contributed by atoms with van der Waals surface area (Å²) in [7, 11) is -1.56. The minimum absolute atomic E-state index is 0.0348. The number of sulfonamides is 1. The van der Waals surface area contributed by atoms with E-state index in [-0.39, 0.29) is 23.3 Å². The normalized spacial score (nSPS) is 27.7. The van der Waals surface area contributed by atoms with Crippen LogP contribution >= 0.6 is 0 Å². The maximum atomic E-state index is 12.4. The molecule has 0 saturated heterocycles. The van der Waals surface area contributed by atoms with Gasteiger partial charge in [-0.15, -0.1) is 0 Å². The average Bonchev–Trinajstić information content (AvgIpc) is 2.95. The fourth-order valence-corrected chi connectivity index (χ4v) is 5.51. The van der Waals surface area contributed by atoms with Crippen LogP contribution in [0.4, 0.5) is 0 Å². The van der Waals surface area contributed by atoms with Crippen molar-refractivity contribution in [1.82, 2.24) is 4.31 Å². The van der Waals surface area contributed by atoms with Gasteiger partial charge in [0.05, 0.1) is 17.9 Å². The first kappa shape index (κ1) is 16.7. The summed E-state index contributed by atoms with van der Waals surface area (Å²) in [6.45, 7) is 2.69. The van der Waals surface area contributed by atoms with Crippen LogP contribution in [0.3, 0.4) is 0 Å². The molecule has 2 atom stereocenters. The Morgan fingerprint density at radius 2 is 2.05 bits per heavy atom. The number of unbranched alkanes of at least 4 members (excludes halogenated alkanes) is 1. The van der Waals surface area contributed by atoms with Crippen molar-refractivity contribution < 1.29 is 13.2 Å². The first-order valence-corrected chi connectivity index (χ1v) is 9.53. The van der Waals surface area contributed by atoms with E-state index < -0.39 is 10.0 Å². The van der Waals surface area contributed by atoms with Crippen LogP contribution in [0.2, 0.25) is 0 Å². The molecule has 2 aliphatic carbocycles. The summed E-state index contributed by atoms with van der Waals surface area (Å²) in [5.74, 6) is 0.0724. The molecule has 0 aromatic heterocycles. The molecule has 1 spiro atoms. The maximum Gasteiger partial charge on any atom is 0.214 e. The van der Waals surface area contributed by atoms with E-state index in [2.05, 4.69) is 0 Å². The predicted octanol–water partition coefficient (Wildman–Crippen LogP) is 2.29. The number of ether oxygens (including phenoxy) is 1. The third-order valence-corrected chi connectivity index (χ3v) is 7.15. The second-order valence-corrected chi connectivity index (χ2v) is 8.38. The molecular weight excluding hydrogens is 288 g/mol. The van der Waals surface area contributed by atoms with Crippen molar-refractivity contribution in [2.24, 2.45) is 5.41 Å². The summed E-state index contributed by atoms with van der Waals surface area (Å²) in [5.41, 5.74) is 0.0348. The lowest BCUT2D eigenvalue weighted by atomic mass is 9.60. The van der Waals surface area contributed by atoms with Gasteiger partial charge in [0.2, 0.25) is 10.0 Å². The summed E-state index contributed by atoms with van der Waals surface area (Å²) >= 11 is 0. The Morgan fingerprint density at radius 3 is 2.62 bits per heavy atom. The standard InChI is InChI=1S/C15H26N2O3S/c1-3-20-14-12-13(15(14)8-4-5-9-15)17(2)21(18,19)11-7-6-10-16/h13-14H,3-9,11-12H2,1-2H3/t13-,14+/m0/s1. The fourth-order valence-electron chi connectivity index (χ4n) is 4.03. The molecule has 2 rings (SSSR count). The van der Waals surface area contributed by atoms with Gasteiger partial charge in [0.1, 0.15) is 0 Å². The van der Waals surface area contributed by atoms with Gasteiger partial charge in [0.15, 0.2) is 0 Å². The molecule has 2 saturated carbocycles. The van der Waals surface area contributed by atoms with E-state index >= 15 is 0 Å². The van der Waals surface area contributed by atoms with Crippen LogP contribution in [-0.2, 0) is 14.8 Å². The van der Waals surface area contributed by atoms with E-state index in [0.29, 0.717) is 19.4 Å². The zero-order valence-electron chi connectivity index (χ0n) is 13.0. The first-order valence-electron chi connectivity index (χ1n) is 7.92. The molecule has 0 radical (unpaired) electrons. The summed E-state index contributed by atoms with van der Waals surface area (Å²) in [5, 5.41) is 8.55. The van der Waals surface area contributed by atoms with E-state index in [4.69, 9.17) is 10.00 Å². The van der Waals surface area contributed by atoms with Crippen molar-refractivity contribution in [2.45, 2.75) is 64.0 Å². The van der Waals surface area contributed by atoms with Gasteiger partial charge in [-0.25, -0.2) is 12.7 Å². The third kappa shape index (κ3) is 3.10. The molecule has 0 amide bonds. The SMILES string of the molecule is CCO[C@@H]1C[C@H](N(C)S(=O)(=O)CCCC#N)C12CCCC2. The number of hydrogen-bond donors (Lipinski definition) is 0. The second-order valence-electron chi connectivity index (χ2n) is 6.23. The third-order valence-electron chi connectivity index (χ3n) is 5.21. The lowest BCUT2D eigenvalue weighted by Gasteiger charge is -2.56. The van der Waals surface area contributed by atoms with Gasteiger partial charge in [-0.05, 0) is 32.6 Å². The topological polar surface area (TPSA) is 70.4 Å². The molecule has 0 aromatic rings. The molecule has 0 N–H and O–H groups in total. The molecule has 2 aliphatic rings. The monoisotopic (exact) mass is 314 g/mol. The molecule has 5 nitrogen and oxygen atoms in total.